The summed E-state index contributed by atoms with van der Waals surface area (Å²) < 4.78 is 0. The van der Waals surface area contributed by atoms with Crippen LogP contribution in [-0.2, 0) is 13.0 Å². The number of benzene rings is 2. The Balaban J connectivity index is 2.06. The molecular formula is C16H18ClN. The molecule has 0 aromatic heterocycles. The molecule has 0 amide bonds. The van der Waals surface area contributed by atoms with Crippen LogP contribution in [0.15, 0.2) is 48.5 Å². The molecule has 18 heavy (non-hydrogen) atoms. The molecule has 0 saturated heterocycles. The van der Waals surface area contributed by atoms with Crippen molar-refractivity contribution in [3.05, 3.63) is 64.7 Å². The lowest BCUT2D eigenvalue weighted by Gasteiger charge is -2.11. The van der Waals surface area contributed by atoms with Gasteiger partial charge in [-0.05, 0) is 35.7 Å². The van der Waals surface area contributed by atoms with Gasteiger partial charge in [0, 0.05) is 17.3 Å². The maximum atomic E-state index is 5.98. The fourth-order valence-corrected chi connectivity index (χ4v) is 2.24. The van der Waals surface area contributed by atoms with E-state index in [4.69, 9.17) is 11.6 Å². The van der Waals surface area contributed by atoms with Crippen molar-refractivity contribution in [1.82, 2.24) is 0 Å². The summed E-state index contributed by atoms with van der Waals surface area (Å²) in [6.45, 7) is 3.01. The number of para-hydroxylation sites is 1. The van der Waals surface area contributed by atoms with Gasteiger partial charge in [0.25, 0.3) is 0 Å². The zero-order valence-electron chi connectivity index (χ0n) is 10.6. The Labute approximate surface area is 114 Å². The zero-order valence-corrected chi connectivity index (χ0v) is 11.4. The molecule has 94 valence electrons. The van der Waals surface area contributed by atoms with E-state index in [1.165, 1.54) is 16.8 Å². The van der Waals surface area contributed by atoms with E-state index in [1.807, 2.05) is 18.2 Å². The third kappa shape index (κ3) is 3.51. The molecule has 1 N–H and O–H groups in total. The van der Waals surface area contributed by atoms with Gasteiger partial charge in [0.05, 0.1) is 0 Å². The molecule has 0 aliphatic rings. The first-order valence-electron chi connectivity index (χ1n) is 6.36. The van der Waals surface area contributed by atoms with Crippen molar-refractivity contribution in [3.63, 3.8) is 0 Å². The standard InChI is InChI=1S/C16H18ClN/c1-2-6-14-8-3-4-10-16(14)18-12-13-7-5-9-15(17)11-13/h3-5,7-11,18H,2,6,12H2,1H3. The molecular weight excluding hydrogens is 242 g/mol. The molecule has 0 saturated carbocycles. The summed E-state index contributed by atoms with van der Waals surface area (Å²) in [5, 5.41) is 4.27. The van der Waals surface area contributed by atoms with Gasteiger partial charge < -0.3 is 5.32 Å². The van der Waals surface area contributed by atoms with Crippen LogP contribution < -0.4 is 5.32 Å². The summed E-state index contributed by atoms with van der Waals surface area (Å²) in [6.07, 6.45) is 2.27. The third-order valence-corrected chi connectivity index (χ3v) is 3.14. The van der Waals surface area contributed by atoms with Crippen molar-refractivity contribution in [2.75, 3.05) is 5.32 Å². The van der Waals surface area contributed by atoms with Gasteiger partial charge in [-0.2, -0.15) is 0 Å². The number of halogens is 1. The second-order valence-corrected chi connectivity index (χ2v) is 4.83. The first-order chi connectivity index (χ1) is 8.79. The monoisotopic (exact) mass is 259 g/mol. The average Bonchev–Trinajstić information content (AvgIpc) is 2.38. The van der Waals surface area contributed by atoms with Gasteiger partial charge in [0.1, 0.15) is 0 Å². The highest BCUT2D eigenvalue weighted by Crippen LogP contribution is 2.18. The molecule has 0 fully saturated rings. The number of hydrogen-bond donors (Lipinski definition) is 1. The Kier molecular flexibility index (Phi) is 4.66. The van der Waals surface area contributed by atoms with Crippen LogP contribution in [0, 0.1) is 0 Å². The highest BCUT2D eigenvalue weighted by molar-refractivity contribution is 6.30. The summed E-state index contributed by atoms with van der Waals surface area (Å²) in [7, 11) is 0. The SMILES string of the molecule is CCCc1ccccc1NCc1cccc(Cl)c1. The van der Waals surface area contributed by atoms with E-state index in [0.717, 1.165) is 24.4 Å². The molecule has 1 nitrogen and oxygen atoms in total. The molecule has 0 heterocycles. The number of nitrogens with one attached hydrogen (secondary N) is 1. The predicted octanol–water partition coefficient (Wildman–Crippen LogP) is 4.90. The zero-order chi connectivity index (χ0) is 12.8. The fourth-order valence-electron chi connectivity index (χ4n) is 2.02. The van der Waals surface area contributed by atoms with Crippen molar-refractivity contribution >= 4 is 17.3 Å². The number of anilines is 1. The summed E-state index contributed by atoms with van der Waals surface area (Å²) >= 11 is 5.98. The Bertz CT molecular complexity index is 508. The lowest BCUT2D eigenvalue weighted by Crippen LogP contribution is -2.02. The van der Waals surface area contributed by atoms with E-state index in [2.05, 4.69) is 42.6 Å². The topological polar surface area (TPSA) is 12.0 Å². The van der Waals surface area contributed by atoms with E-state index >= 15 is 0 Å². The minimum Gasteiger partial charge on any atom is -0.381 e. The van der Waals surface area contributed by atoms with Gasteiger partial charge in [-0.1, -0.05) is 55.3 Å². The summed E-state index contributed by atoms with van der Waals surface area (Å²) in [4.78, 5) is 0. The third-order valence-electron chi connectivity index (χ3n) is 2.91. The van der Waals surface area contributed by atoms with Gasteiger partial charge in [0.2, 0.25) is 0 Å². The minimum absolute atomic E-state index is 0.788. The Morgan fingerprint density at radius 1 is 1.06 bits per heavy atom. The highest BCUT2D eigenvalue weighted by atomic mass is 35.5. The molecule has 2 aromatic rings. The molecule has 0 atom stereocenters. The second kappa shape index (κ2) is 6.46. The molecule has 2 aromatic carbocycles. The van der Waals surface area contributed by atoms with Crippen LogP contribution in [0.2, 0.25) is 5.02 Å². The maximum absolute atomic E-state index is 5.98. The van der Waals surface area contributed by atoms with E-state index in [9.17, 15) is 0 Å². The quantitative estimate of drug-likeness (QED) is 0.805. The van der Waals surface area contributed by atoms with Crippen LogP contribution in [0.25, 0.3) is 0 Å². The molecule has 0 unspecified atom stereocenters. The lowest BCUT2D eigenvalue weighted by molar-refractivity contribution is 0.919. The molecule has 0 spiro atoms. The number of hydrogen-bond acceptors (Lipinski definition) is 1. The molecule has 0 aliphatic heterocycles. The normalized spacial score (nSPS) is 10.3. The molecule has 2 rings (SSSR count). The predicted molar refractivity (Wildman–Crippen MR) is 79.2 cm³/mol. The lowest BCUT2D eigenvalue weighted by atomic mass is 10.1. The van der Waals surface area contributed by atoms with Crippen molar-refractivity contribution < 1.29 is 0 Å². The Hall–Kier alpha value is -1.47. The van der Waals surface area contributed by atoms with Crippen LogP contribution in [-0.4, -0.2) is 0 Å². The summed E-state index contributed by atoms with van der Waals surface area (Å²) in [5.41, 5.74) is 3.80. The van der Waals surface area contributed by atoms with Crippen LogP contribution in [0.5, 0.6) is 0 Å². The largest absolute Gasteiger partial charge is 0.381 e. The number of aryl methyl sites for hydroxylation is 1. The van der Waals surface area contributed by atoms with Crippen LogP contribution >= 0.6 is 11.6 Å². The molecule has 0 bridgehead atoms. The average molecular weight is 260 g/mol. The fraction of sp³-hybridized carbons (Fsp3) is 0.250. The van der Waals surface area contributed by atoms with Gasteiger partial charge in [-0.15, -0.1) is 0 Å². The van der Waals surface area contributed by atoms with E-state index in [-0.39, 0.29) is 0 Å². The number of rotatable bonds is 5. The highest BCUT2D eigenvalue weighted by Gasteiger charge is 2.00. The maximum Gasteiger partial charge on any atom is 0.0409 e. The van der Waals surface area contributed by atoms with Crippen molar-refractivity contribution in [3.8, 4) is 0 Å². The van der Waals surface area contributed by atoms with Gasteiger partial charge in [-0.3, -0.25) is 0 Å². The summed E-state index contributed by atoms with van der Waals surface area (Å²) in [5.74, 6) is 0. The Morgan fingerprint density at radius 2 is 1.89 bits per heavy atom. The van der Waals surface area contributed by atoms with Crippen LogP contribution in [0.1, 0.15) is 24.5 Å². The van der Waals surface area contributed by atoms with Crippen LogP contribution in [0.3, 0.4) is 0 Å². The summed E-state index contributed by atoms with van der Waals surface area (Å²) in [6, 6.07) is 16.4. The van der Waals surface area contributed by atoms with Gasteiger partial charge in [0.15, 0.2) is 0 Å². The molecule has 2 heteroatoms. The van der Waals surface area contributed by atoms with Crippen molar-refractivity contribution in [2.45, 2.75) is 26.3 Å². The van der Waals surface area contributed by atoms with Crippen molar-refractivity contribution in [2.24, 2.45) is 0 Å². The molecule has 0 aliphatic carbocycles. The van der Waals surface area contributed by atoms with Gasteiger partial charge in [-0.25, -0.2) is 0 Å². The van der Waals surface area contributed by atoms with Crippen LogP contribution in [0.4, 0.5) is 5.69 Å². The van der Waals surface area contributed by atoms with E-state index in [0.29, 0.717) is 0 Å². The second-order valence-electron chi connectivity index (χ2n) is 4.39. The smallest absolute Gasteiger partial charge is 0.0409 e. The Morgan fingerprint density at radius 3 is 2.67 bits per heavy atom. The first-order valence-corrected chi connectivity index (χ1v) is 6.73. The van der Waals surface area contributed by atoms with Gasteiger partial charge >= 0.3 is 0 Å². The van der Waals surface area contributed by atoms with E-state index < -0.39 is 0 Å². The molecule has 0 radical (unpaired) electrons. The van der Waals surface area contributed by atoms with Crippen molar-refractivity contribution in [1.29, 1.82) is 0 Å². The van der Waals surface area contributed by atoms with E-state index in [1.54, 1.807) is 0 Å². The minimum atomic E-state index is 0.788. The first kappa shape index (κ1) is 13.0.